The Kier molecular flexibility index (Phi) is 7.68. The Labute approximate surface area is 245 Å². The zero-order valence-electron chi connectivity index (χ0n) is 25.4. The molecule has 1 aliphatic heterocycles. The minimum Gasteiger partial charge on any atom is -0.466 e. The van der Waals surface area contributed by atoms with Crippen LogP contribution in [0, 0.1) is 18.3 Å². The van der Waals surface area contributed by atoms with Crippen LogP contribution in [0.25, 0.3) is 33.2 Å². The summed E-state index contributed by atoms with van der Waals surface area (Å²) in [6.07, 6.45) is 3.41. The zero-order valence-corrected chi connectivity index (χ0v) is 25.4. The van der Waals surface area contributed by atoms with Crippen molar-refractivity contribution in [1.82, 2.24) is 24.6 Å². The summed E-state index contributed by atoms with van der Waals surface area (Å²) >= 11 is 0. The van der Waals surface area contributed by atoms with Crippen LogP contribution in [-0.4, -0.2) is 75.4 Å². The van der Waals surface area contributed by atoms with Crippen LogP contribution in [0.5, 0.6) is 5.75 Å². The Hall–Kier alpha value is -4.43. The van der Waals surface area contributed by atoms with Crippen molar-refractivity contribution >= 4 is 33.7 Å². The van der Waals surface area contributed by atoms with Crippen LogP contribution in [0.1, 0.15) is 45.7 Å². The Morgan fingerprint density at radius 2 is 1.88 bits per heavy atom. The highest BCUT2D eigenvalue weighted by Crippen LogP contribution is 2.38. The van der Waals surface area contributed by atoms with E-state index in [1.807, 2.05) is 66.9 Å². The van der Waals surface area contributed by atoms with Gasteiger partial charge in [-0.25, -0.2) is 14.8 Å². The standard InChI is InChI=1S/C31H37N7O4/c1-18-14-37(15-19(2)38(18)30(39)42-31(4,5)6)23-11-24-21(12-32)10-26(34-29(24)33-13-23)25-9-22-16-36(7)35-27(22)20(3)28(25)41-17-40-8/h9-11,13,16,18-19H,14-15,17H2,1-8H3/t18-,19-/m0/s1. The molecule has 1 aliphatic rings. The van der Waals surface area contributed by atoms with Crippen molar-refractivity contribution in [2.75, 3.05) is 31.9 Å². The lowest BCUT2D eigenvalue weighted by molar-refractivity contribution is 0.00565. The molecule has 4 aromatic rings. The number of methoxy groups -OCH3 is 1. The van der Waals surface area contributed by atoms with Gasteiger partial charge in [0.05, 0.1) is 46.8 Å². The molecular formula is C31H37N7O4. The van der Waals surface area contributed by atoms with Crippen LogP contribution in [0.15, 0.2) is 30.6 Å². The predicted molar refractivity (Wildman–Crippen MR) is 160 cm³/mol. The second-order valence-electron chi connectivity index (χ2n) is 11.9. The molecule has 42 heavy (non-hydrogen) atoms. The number of benzene rings is 1. The van der Waals surface area contributed by atoms with Gasteiger partial charge in [-0.2, -0.15) is 10.4 Å². The molecule has 4 heterocycles. The molecule has 2 atom stereocenters. The van der Waals surface area contributed by atoms with E-state index in [-0.39, 0.29) is 25.0 Å². The molecule has 1 fully saturated rings. The highest BCUT2D eigenvalue weighted by Gasteiger charge is 2.36. The topological polar surface area (TPSA) is 119 Å². The van der Waals surface area contributed by atoms with Crippen molar-refractivity contribution in [2.24, 2.45) is 7.05 Å². The van der Waals surface area contributed by atoms with E-state index in [9.17, 15) is 10.1 Å². The average Bonchev–Trinajstić information content (AvgIpc) is 3.30. The number of hydrogen-bond acceptors (Lipinski definition) is 9. The monoisotopic (exact) mass is 571 g/mol. The van der Waals surface area contributed by atoms with E-state index in [2.05, 4.69) is 16.1 Å². The lowest BCUT2D eigenvalue weighted by Crippen LogP contribution is -2.59. The maximum atomic E-state index is 12.9. The van der Waals surface area contributed by atoms with Crippen LogP contribution >= 0.6 is 0 Å². The molecular weight excluding hydrogens is 534 g/mol. The molecule has 0 aliphatic carbocycles. The van der Waals surface area contributed by atoms with E-state index >= 15 is 0 Å². The number of nitriles is 1. The second kappa shape index (κ2) is 11.1. The minimum atomic E-state index is -0.561. The van der Waals surface area contributed by atoms with Crippen LogP contribution in [0.3, 0.4) is 0 Å². The number of nitrogens with zero attached hydrogens (tertiary/aromatic N) is 7. The van der Waals surface area contributed by atoms with Crippen molar-refractivity contribution in [3.05, 3.63) is 41.7 Å². The lowest BCUT2D eigenvalue weighted by Gasteiger charge is -2.45. The number of amides is 1. The Balaban J connectivity index is 1.51. The fraction of sp³-hybridized carbons (Fsp3) is 0.452. The van der Waals surface area contributed by atoms with Gasteiger partial charge in [-0.3, -0.25) is 9.58 Å². The number of aromatic nitrogens is 4. The highest BCUT2D eigenvalue weighted by molar-refractivity contribution is 5.93. The molecule has 11 heteroatoms. The maximum absolute atomic E-state index is 12.9. The van der Waals surface area contributed by atoms with Crippen LogP contribution < -0.4 is 9.64 Å². The number of fused-ring (bicyclic) bond motifs is 2. The van der Waals surface area contributed by atoms with E-state index in [1.165, 1.54) is 0 Å². The lowest BCUT2D eigenvalue weighted by atomic mass is 10.0. The smallest absolute Gasteiger partial charge is 0.410 e. The molecule has 1 aromatic carbocycles. The van der Waals surface area contributed by atoms with Gasteiger partial charge in [0, 0.05) is 55.3 Å². The van der Waals surface area contributed by atoms with Crippen molar-refractivity contribution in [2.45, 2.75) is 59.2 Å². The van der Waals surface area contributed by atoms with E-state index in [4.69, 9.17) is 24.2 Å². The predicted octanol–water partition coefficient (Wildman–Crippen LogP) is 5.18. The number of hydrogen-bond donors (Lipinski definition) is 0. The summed E-state index contributed by atoms with van der Waals surface area (Å²) in [6, 6.07) is 7.88. The van der Waals surface area contributed by atoms with Gasteiger partial charge in [-0.15, -0.1) is 0 Å². The summed E-state index contributed by atoms with van der Waals surface area (Å²) in [5, 5.41) is 16.3. The van der Waals surface area contributed by atoms with E-state index in [1.54, 1.807) is 29.0 Å². The van der Waals surface area contributed by atoms with Crippen LogP contribution in [-0.2, 0) is 16.5 Å². The highest BCUT2D eigenvalue weighted by atomic mass is 16.7. The largest absolute Gasteiger partial charge is 0.466 e. The first-order chi connectivity index (χ1) is 19.9. The normalized spacial score (nSPS) is 17.5. The molecule has 1 saturated heterocycles. The van der Waals surface area contributed by atoms with Crippen molar-refractivity contribution in [1.29, 1.82) is 5.26 Å². The summed E-state index contributed by atoms with van der Waals surface area (Å²) in [5.74, 6) is 0.598. The third-order valence-corrected chi connectivity index (χ3v) is 7.35. The van der Waals surface area contributed by atoms with Crippen molar-refractivity contribution < 1.29 is 19.0 Å². The molecule has 0 bridgehead atoms. The quantitative estimate of drug-likeness (QED) is 0.299. The summed E-state index contributed by atoms with van der Waals surface area (Å²) in [7, 11) is 3.44. The third kappa shape index (κ3) is 5.54. The van der Waals surface area contributed by atoms with Crippen molar-refractivity contribution in [3.8, 4) is 23.1 Å². The average molecular weight is 572 g/mol. The van der Waals surface area contributed by atoms with Gasteiger partial charge in [-0.1, -0.05) is 0 Å². The summed E-state index contributed by atoms with van der Waals surface area (Å²) in [6.45, 7) is 12.9. The Morgan fingerprint density at radius 3 is 2.52 bits per heavy atom. The molecule has 0 N–H and O–H groups in total. The Morgan fingerprint density at radius 1 is 1.17 bits per heavy atom. The molecule has 0 spiro atoms. The second-order valence-corrected chi connectivity index (χ2v) is 11.9. The number of ether oxygens (including phenoxy) is 3. The fourth-order valence-electron chi connectivity index (χ4n) is 5.63. The number of pyridine rings is 2. The molecule has 0 saturated carbocycles. The van der Waals surface area contributed by atoms with Gasteiger partial charge in [0.2, 0.25) is 0 Å². The van der Waals surface area contributed by atoms with E-state index in [0.29, 0.717) is 41.1 Å². The number of carbonyl (C=O) groups excluding carboxylic acids is 1. The number of carbonyl (C=O) groups is 1. The van der Waals surface area contributed by atoms with Gasteiger partial charge in [0.15, 0.2) is 12.4 Å². The summed E-state index contributed by atoms with van der Waals surface area (Å²) in [5.41, 5.74) is 4.22. The van der Waals surface area contributed by atoms with Crippen LogP contribution in [0.2, 0.25) is 0 Å². The minimum absolute atomic E-state index is 0.0600. The van der Waals surface area contributed by atoms with Gasteiger partial charge < -0.3 is 19.1 Å². The number of aryl methyl sites for hydroxylation is 2. The van der Waals surface area contributed by atoms with E-state index < -0.39 is 5.60 Å². The number of anilines is 1. The molecule has 1 amide bonds. The van der Waals surface area contributed by atoms with E-state index in [0.717, 1.165) is 27.7 Å². The SMILES string of the molecule is COCOc1c(-c2cc(C#N)c3cc(N4C[C@H](C)N(C(=O)OC(C)(C)C)[C@@H](C)C4)cnc3n2)cc2cn(C)nc2c1C. The van der Waals surface area contributed by atoms with Gasteiger partial charge in [-0.05, 0) is 59.7 Å². The maximum Gasteiger partial charge on any atom is 0.410 e. The summed E-state index contributed by atoms with van der Waals surface area (Å²) in [4.78, 5) is 26.4. The summed E-state index contributed by atoms with van der Waals surface area (Å²) < 4.78 is 18.6. The third-order valence-electron chi connectivity index (χ3n) is 7.35. The molecule has 3 aromatic heterocycles. The zero-order chi connectivity index (χ0) is 30.3. The van der Waals surface area contributed by atoms with Crippen molar-refractivity contribution in [3.63, 3.8) is 0 Å². The van der Waals surface area contributed by atoms with Gasteiger partial charge in [0.1, 0.15) is 11.4 Å². The van der Waals surface area contributed by atoms with Gasteiger partial charge >= 0.3 is 6.09 Å². The molecule has 220 valence electrons. The molecule has 0 radical (unpaired) electrons. The number of piperazine rings is 1. The first-order valence-electron chi connectivity index (χ1n) is 14.0. The fourth-order valence-corrected chi connectivity index (χ4v) is 5.63. The first kappa shape index (κ1) is 29.1. The van der Waals surface area contributed by atoms with Gasteiger partial charge in [0.25, 0.3) is 0 Å². The molecule has 0 unspecified atom stereocenters. The first-order valence-corrected chi connectivity index (χ1v) is 14.0. The molecule has 5 rings (SSSR count). The Bertz CT molecular complexity index is 1690. The number of rotatable bonds is 5. The van der Waals surface area contributed by atoms with Crippen LogP contribution in [0.4, 0.5) is 10.5 Å². The molecule has 11 nitrogen and oxygen atoms in total.